The number of aryl methyl sites for hydroxylation is 4. The summed E-state index contributed by atoms with van der Waals surface area (Å²) in [5.41, 5.74) is 20.0. The average Bonchev–Trinajstić information content (AvgIpc) is 4.12. The van der Waals surface area contributed by atoms with Crippen LogP contribution in [0.1, 0.15) is 149 Å². The van der Waals surface area contributed by atoms with E-state index in [4.69, 9.17) is 5.73 Å². The number of piperidine rings is 4. The first-order valence-electron chi connectivity index (χ1n) is 29.0. The van der Waals surface area contributed by atoms with Gasteiger partial charge in [-0.2, -0.15) is 0 Å². The van der Waals surface area contributed by atoms with E-state index in [1.165, 1.54) is 90.4 Å². The Bertz CT molecular complexity index is 3580. The van der Waals surface area contributed by atoms with Gasteiger partial charge in [0, 0.05) is 65.7 Å². The van der Waals surface area contributed by atoms with Crippen molar-refractivity contribution in [1.82, 2.24) is 24.5 Å². The standard InChI is InChI=1S/C36H42N4O5S.C30H39N3O/c1-22-16-23(2)18-26(17-22)34-33(24(3)20-37-46(44,45)30-13-11-29(12-14-30)40(42)43)31-19-27(8-15-32(31)38-34)36(4,5)35(41)39-21-25-6-9-28(39)10-7-25;1-18-12-19(2)14-22(13-18)28-27(20(3)16-31)25-15-23(8-11-26(25)32-28)30(4,5)29(34)33-17-21-6-9-24(33)10-7-21/h8,11-19,24-25,28,37-38H,6-7,9-10,20-21H2,1-5H3;8,11-15,20-21,24,32H,6-7,9-10,16-17,31H2,1-5H3/t24-,25?,28?;20-,21?,24?/m11/s1. The van der Waals surface area contributed by atoms with Gasteiger partial charge in [-0.3, -0.25) is 19.7 Å². The van der Waals surface area contributed by atoms with Crippen LogP contribution in [0.5, 0.6) is 0 Å². The summed E-state index contributed by atoms with van der Waals surface area (Å²) in [5.74, 6) is 1.67. The zero-order chi connectivity index (χ0) is 57.2. The van der Waals surface area contributed by atoms with E-state index >= 15 is 0 Å². The molecule has 2 aromatic heterocycles. The van der Waals surface area contributed by atoms with E-state index in [9.17, 15) is 28.1 Å². The van der Waals surface area contributed by atoms with Crippen molar-refractivity contribution in [1.29, 1.82) is 0 Å². The van der Waals surface area contributed by atoms with Gasteiger partial charge in [0.05, 0.1) is 32.0 Å². The zero-order valence-corrected chi connectivity index (χ0v) is 49.3. The van der Waals surface area contributed by atoms with Crippen LogP contribution in [0.3, 0.4) is 0 Å². The second-order valence-electron chi connectivity index (χ2n) is 25.3. The number of H-pyrrole nitrogens is 2. The highest BCUT2D eigenvalue weighted by Crippen LogP contribution is 2.44. The maximum atomic E-state index is 14.1. The van der Waals surface area contributed by atoms with E-state index in [2.05, 4.69) is 134 Å². The summed E-state index contributed by atoms with van der Waals surface area (Å²) >= 11 is 0. The highest BCUT2D eigenvalue weighted by atomic mass is 32.2. The molecule has 6 fully saturated rings. The number of nitrogens with one attached hydrogen (secondary N) is 3. The summed E-state index contributed by atoms with van der Waals surface area (Å²) < 4.78 is 29.2. The third kappa shape index (κ3) is 11.0. The molecule has 13 nitrogen and oxygen atoms in total. The minimum Gasteiger partial charge on any atom is -0.354 e. The molecule has 422 valence electrons. The number of nitrogens with zero attached hydrogens (tertiary/aromatic N) is 3. The number of amides is 2. The largest absolute Gasteiger partial charge is 0.354 e. The number of non-ortho nitro benzene ring substituents is 1. The Balaban J connectivity index is 0.000000188. The molecule has 0 unspecified atom stereocenters. The molecule has 7 aromatic rings. The third-order valence-corrected chi connectivity index (χ3v) is 19.9. The molecular weight excluding hydrogens is 1020 g/mol. The fourth-order valence-electron chi connectivity index (χ4n) is 13.8. The number of nitro groups is 1. The van der Waals surface area contributed by atoms with E-state index < -0.39 is 25.8 Å². The van der Waals surface area contributed by atoms with Crippen LogP contribution >= 0.6 is 0 Å². The molecule has 14 heteroatoms. The first-order chi connectivity index (χ1) is 37.9. The van der Waals surface area contributed by atoms with Crippen LogP contribution in [0.4, 0.5) is 5.69 Å². The van der Waals surface area contributed by atoms with Gasteiger partial charge < -0.3 is 25.5 Å². The van der Waals surface area contributed by atoms with Crippen LogP contribution in [0.15, 0.2) is 102 Å². The van der Waals surface area contributed by atoms with E-state index in [0.717, 1.165) is 87.1 Å². The fourth-order valence-corrected chi connectivity index (χ4v) is 14.9. The number of aromatic nitrogens is 2. The molecule has 2 amide bonds. The Hall–Kier alpha value is -6.61. The van der Waals surface area contributed by atoms with Crippen LogP contribution in [-0.4, -0.2) is 83.2 Å². The second kappa shape index (κ2) is 22.0. The van der Waals surface area contributed by atoms with E-state index in [1.807, 2.05) is 32.9 Å². The third-order valence-electron chi connectivity index (χ3n) is 18.4. The quantitative estimate of drug-likeness (QED) is 0.0616. The van der Waals surface area contributed by atoms with Gasteiger partial charge in [0.2, 0.25) is 21.8 Å². The summed E-state index contributed by atoms with van der Waals surface area (Å²) in [4.78, 5) is 50.0. The Labute approximate surface area is 472 Å². The SMILES string of the molecule is Cc1cc(C)cc(-c2[nH]c3ccc(C(C)(C)C(=O)N4CC5CCC4CC5)cc3c2[C@H](C)CN)c1.Cc1cc(C)cc(-c2[nH]c3ccc(C(C)(C)C(=O)N4CC5CCC4CC5)cc3c2[C@H](C)CNS(=O)(=O)c2ccc([N+](=O)[O-])cc2)c1. The molecule has 6 heterocycles. The lowest BCUT2D eigenvalue weighted by Gasteiger charge is -2.47. The predicted molar refractivity (Wildman–Crippen MR) is 322 cm³/mol. The Kier molecular flexibility index (Phi) is 15.6. The van der Waals surface area contributed by atoms with Crippen molar-refractivity contribution >= 4 is 49.3 Å². The molecule has 2 aliphatic carbocycles. The molecule has 2 saturated carbocycles. The minimum absolute atomic E-state index is 0.0345. The van der Waals surface area contributed by atoms with E-state index in [0.29, 0.717) is 30.5 Å². The Morgan fingerprint density at radius 1 is 0.625 bits per heavy atom. The van der Waals surface area contributed by atoms with Crippen molar-refractivity contribution in [3.05, 3.63) is 152 Å². The monoisotopic (exact) mass is 1100 g/mol. The van der Waals surface area contributed by atoms with Crippen LogP contribution in [0.25, 0.3) is 44.3 Å². The highest BCUT2D eigenvalue weighted by molar-refractivity contribution is 7.89. The molecule has 4 bridgehead atoms. The maximum Gasteiger partial charge on any atom is 0.269 e. The van der Waals surface area contributed by atoms with Crippen molar-refractivity contribution in [2.24, 2.45) is 17.6 Å². The van der Waals surface area contributed by atoms with Crippen LogP contribution in [0.2, 0.25) is 0 Å². The number of hydrogen-bond donors (Lipinski definition) is 4. The van der Waals surface area contributed by atoms with Crippen LogP contribution in [-0.2, 0) is 30.4 Å². The second-order valence-corrected chi connectivity index (χ2v) is 27.0. The van der Waals surface area contributed by atoms with Crippen molar-refractivity contribution < 1.29 is 22.9 Å². The molecule has 4 aliphatic heterocycles. The highest BCUT2D eigenvalue weighted by Gasteiger charge is 2.44. The van der Waals surface area contributed by atoms with Crippen molar-refractivity contribution in [3.8, 4) is 22.5 Å². The van der Waals surface area contributed by atoms with Gasteiger partial charge in [0.1, 0.15) is 0 Å². The molecule has 0 radical (unpaired) electrons. The number of sulfonamides is 1. The number of nitrogens with two attached hydrogens (primary N) is 1. The van der Waals surface area contributed by atoms with Crippen LogP contribution in [0, 0.1) is 49.6 Å². The number of rotatable bonds is 14. The van der Waals surface area contributed by atoms with Gasteiger partial charge in [-0.1, -0.05) is 60.4 Å². The normalized spacial score (nSPS) is 20.0. The zero-order valence-electron chi connectivity index (χ0n) is 48.5. The lowest BCUT2D eigenvalue weighted by atomic mass is 9.76. The number of hydrogen-bond acceptors (Lipinski definition) is 7. The number of carbonyl (C=O) groups excluding carboxylic acids is 2. The Morgan fingerprint density at radius 3 is 1.39 bits per heavy atom. The number of fused-ring (bicyclic) bond motifs is 8. The maximum absolute atomic E-state index is 14.1. The Morgan fingerprint density at radius 2 is 1.02 bits per heavy atom. The molecule has 2 atom stereocenters. The predicted octanol–water partition coefficient (Wildman–Crippen LogP) is 13.3. The number of carbonyl (C=O) groups is 2. The fraction of sp³-hybridized carbons (Fsp3) is 0.455. The van der Waals surface area contributed by atoms with E-state index in [1.54, 1.807) is 0 Å². The summed E-state index contributed by atoms with van der Waals surface area (Å²) in [6.45, 7) is 23.3. The lowest BCUT2D eigenvalue weighted by Crippen LogP contribution is -2.55. The number of nitro benzene ring substituents is 1. The van der Waals surface area contributed by atoms with Crippen molar-refractivity contribution in [3.63, 3.8) is 0 Å². The first-order valence-corrected chi connectivity index (χ1v) is 30.5. The summed E-state index contributed by atoms with van der Waals surface area (Å²) in [7, 11) is -3.93. The van der Waals surface area contributed by atoms with Gasteiger partial charge in [-0.05, 0) is 231 Å². The van der Waals surface area contributed by atoms with Gasteiger partial charge in [0.15, 0.2) is 0 Å². The van der Waals surface area contributed by atoms with Gasteiger partial charge in [-0.25, -0.2) is 13.1 Å². The minimum atomic E-state index is -3.93. The first kappa shape index (κ1) is 56.7. The van der Waals surface area contributed by atoms with Gasteiger partial charge >= 0.3 is 0 Å². The van der Waals surface area contributed by atoms with Crippen molar-refractivity contribution in [2.75, 3.05) is 26.2 Å². The van der Waals surface area contributed by atoms with Gasteiger partial charge in [0.25, 0.3) is 5.69 Å². The van der Waals surface area contributed by atoms with Crippen molar-refractivity contribution in [2.45, 2.75) is 160 Å². The summed E-state index contributed by atoms with van der Waals surface area (Å²) in [6, 6.07) is 31.4. The topological polar surface area (TPSA) is 188 Å². The molecule has 5 aromatic carbocycles. The summed E-state index contributed by atoms with van der Waals surface area (Å²) in [5, 5.41) is 13.2. The molecule has 5 N–H and O–H groups in total. The molecule has 4 saturated heterocycles. The molecule has 80 heavy (non-hydrogen) atoms. The number of aromatic amines is 2. The van der Waals surface area contributed by atoms with Gasteiger partial charge in [-0.15, -0.1) is 0 Å². The molecule has 0 spiro atoms. The van der Waals surface area contributed by atoms with E-state index in [-0.39, 0.29) is 40.8 Å². The molecule has 13 rings (SSSR count). The lowest BCUT2D eigenvalue weighted by molar-refractivity contribution is -0.384. The molecule has 6 aliphatic rings. The molecular formula is C66H81N7O6S. The number of benzene rings is 5. The summed E-state index contributed by atoms with van der Waals surface area (Å²) in [6.07, 6.45) is 9.49. The van der Waals surface area contributed by atoms with Crippen LogP contribution < -0.4 is 10.5 Å². The smallest absolute Gasteiger partial charge is 0.269 e. The average molecular weight is 1100 g/mol.